The molecule has 3 aromatic rings. The van der Waals surface area contributed by atoms with Crippen LogP contribution in [0.2, 0.25) is 0 Å². The maximum absolute atomic E-state index is 12.5. The fourth-order valence-electron chi connectivity index (χ4n) is 2.88. The van der Waals surface area contributed by atoms with Crippen LogP contribution in [0.3, 0.4) is 0 Å². The van der Waals surface area contributed by atoms with Crippen LogP contribution in [-0.2, 0) is 11.3 Å². The zero-order valence-corrected chi connectivity index (χ0v) is 14.2. The largest absolute Gasteiger partial charge is 0.389 e. The van der Waals surface area contributed by atoms with Gasteiger partial charge in [-0.15, -0.1) is 0 Å². The molecule has 0 aliphatic rings. The van der Waals surface area contributed by atoms with Gasteiger partial charge in [-0.25, -0.2) is 0 Å². The summed E-state index contributed by atoms with van der Waals surface area (Å²) in [6.07, 6.45) is 0.560. The average Bonchev–Trinajstić information content (AvgIpc) is 2.96. The van der Waals surface area contributed by atoms with Crippen molar-refractivity contribution < 1.29 is 14.7 Å². The molecular formula is C19H19N3O4. The highest BCUT2D eigenvalue weighted by atomic mass is 16.3. The number of para-hydroxylation sites is 1. The molecule has 0 aliphatic carbocycles. The number of fused-ring (bicyclic) bond motifs is 1. The number of pyridine rings is 1. The van der Waals surface area contributed by atoms with E-state index in [4.69, 9.17) is 0 Å². The molecule has 7 heteroatoms. The highest BCUT2D eigenvalue weighted by Crippen LogP contribution is 2.22. The lowest BCUT2D eigenvalue weighted by molar-refractivity contribution is -0.117. The number of aliphatic hydroxyl groups excluding tert-OH is 1. The molecule has 26 heavy (non-hydrogen) atoms. The van der Waals surface area contributed by atoms with Crippen molar-refractivity contribution >= 4 is 22.6 Å². The predicted molar refractivity (Wildman–Crippen MR) is 97.1 cm³/mol. The van der Waals surface area contributed by atoms with Gasteiger partial charge in [0.1, 0.15) is 0 Å². The Morgan fingerprint density at radius 2 is 1.92 bits per heavy atom. The number of hydrogen-bond acceptors (Lipinski definition) is 4. The zero-order valence-electron chi connectivity index (χ0n) is 14.2. The van der Waals surface area contributed by atoms with Gasteiger partial charge in [-0.3, -0.25) is 14.4 Å². The van der Waals surface area contributed by atoms with E-state index in [1.165, 1.54) is 10.6 Å². The highest BCUT2D eigenvalue weighted by molar-refractivity contribution is 6.45. The van der Waals surface area contributed by atoms with E-state index in [0.29, 0.717) is 16.6 Å². The van der Waals surface area contributed by atoms with Crippen LogP contribution >= 0.6 is 0 Å². The Hall–Kier alpha value is -3.19. The van der Waals surface area contributed by atoms with Crippen LogP contribution in [0.4, 0.5) is 0 Å². The average molecular weight is 353 g/mol. The van der Waals surface area contributed by atoms with E-state index in [1.807, 2.05) is 12.1 Å². The minimum atomic E-state index is -0.990. The van der Waals surface area contributed by atoms with Crippen LogP contribution in [0.15, 0.2) is 53.5 Å². The summed E-state index contributed by atoms with van der Waals surface area (Å²) in [5, 5.41) is 13.1. The predicted octanol–water partition coefficient (Wildman–Crippen LogP) is 0.998. The molecule has 1 unspecified atom stereocenters. The number of hydrogen-bond donors (Lipinski definition) is 3. The lowest BCUT2D eigenvalue weighted by Crippen LogP contribution is -2.39. The van der Waals surface area contributed by atoms with Gasteiger partial charge in [0.25, 0.3) is 17.2 Å². The monoisotopic (exact) mass is 353 g/mol. The molecule has 1 aromatic carbocycles. The Morgan fingerprint density at radius 1 is 1.19 bits per heavy atom. The highest BCUT2D eigenvalue weighted by Gasteiger charge is 2.23. The summed E-state index contributed by atoms with van der Waals surface area (Å²) in [7, 11) is 0. The normalized spacial score (nSPS) is 12.1. The third-order valence-electron chi connectivity index (χ3n) is 4.13. The van der Waals surface area contributed by atoms with Crippen molar-refractivity contribution in [3.63, 3.8) is 0 Å². The van der Waals surface area contributed by atoms with Crippen molar-refractivity contribution in [1.29, 1.82) is 0 Å². The van der Waals surface area contributed by atoms with Crippen LogP contribution in [0.1, 0.15) is 16.1 Å². The van der Waals surface area contributed by atoms with Gasteiger partial charge in [-0.2, -0.15) is 0 Å². The maximum atomic E-state index is 12.5. The summed E-state index contributed by atoms with van der Waals surface area (Å²) in [6.45, 7) is 1.63. The van der Waals surface area contributed by atoms with Gasteiger partial charge >= 0.3 is 0 Å². The first-order valence-electron chi connectivity index (χ1n) is 8.20. The summed E-state index contributed by atoms with van der Waals surface area (Å²) in [5.74, 6) is -1.46. The van der Waals surface area contributed by atoms with E-state index in [2.05, 4.69) is 10.3 Å². The van der Waals surface area contributed by atoms with E-state index in [-0.39, 0.29) is 18.6 Å². The van der Waals surface area contributed by atoms with Crippen LogP contribution < -0.4 is 10.9 Å². The number of amides is 1. The number of aryl methyl sites for hydroxylation is 1. The number of H-pyrrole nitrogens is 1. The lowest BCUT2D eigenvalue weighted by atomic mass is 10.1. The van der Waals surface area contributed by atoms with Crippen LogP contribution in [0.25, 0.3) is 10.9 Å². The molecule has 134 valence electrons. The first-order chi connectivity index (χ1) is 12.5. The summed E-state index contributed by atoms with van der Waals surface area (Å²) in [6, 6.07) is 11.9. The number of ketones is 1. The van der Waals surface area contributed by atoms with Crippen LogP contribution in [-0.4, -0.2) is 39.0 Å². The van der Waals surface area contributed by atoms with E-state index in [9.17, 15) is 19.5 Å². The fourth-order valence-corrected chi connectivity index (χ4v) is 2.88. The van der Waals surface area contributed by atoms with Gasteiger partial charge in [-0.1, -0.05) is 24.3 Å². The lowest BCUT2D eigenvalue weighted by Gasteiger charge is -2.13. The third kappa shape index (κ3) is 3.57. The number of benzene rings is 1. The van der Waals surface area contributed by atoms with Crippen LogP contribution in [0.5, 0.6) is 0 Å². The molecule has 1 amide bonds. The summed E-state index contributed by atoms with van der Waals surface area (Å²) >= 11 is 0. The molecule has 0 aliphatic heterocycles. The van der Waals surface area contributed by atoms with Gasteiger partial charge < -0.3 is 20.0 Å². The molecule has 0 bridgehead atoms. The topological polar surface area (TPSA) is 104 Å². The number of rotatable bonds is 6. The Kier molecular flexibility index (Phi) is 4.99. The smallest absolute Gasteiger partial charge is 0.292 e. The van der Waals surface area contributed by atoms with Gasteiger partial charge in [0, 0.05) is 35.4 Å². The molecule has 2 heterocycles. The Labute approximate surface area is 149 Å². The molecule has 1 atom stereocenters. The molecule has 0 saturated carbocycles. The van der Waals surface area contributed by atoms with E-state index in [1.54, 1.807) is 37.4 Å². The number of nitrogens with zero attached hydrogens (tertiary/aromatic N) is 1. The van der Waals surface area contributed by atoms with Gasteiger partial charge in [-0.05, 0) is 19.1 Å². The number of carbonyl (C=O) groups is 2. The van der Waals surface area contributed by atoms with Crippen molar-refractivity contribution in [1.82, 2.24) is 14.9 Å². The summed E-state index contributed by atoms with van der Waals surface area (Å²) in [4.78, 5) is 39.4. The minimum absolute atomic E-state index is 0.0280. The molecule has 3 rings (SSSR count). The fraction of sp³-hybridized carbons (Fsp3) is 0.211. The first-order valence-corrected chi connectivity index (χ1v) is 8.20. The molecule has 3 N–H and O–H groups in total. The van der Waals surface area contributed by atoms with E-state index >= 15 is 0 Å². The van der Waals surface area contributed by atoms with Crippen LogP contribution in [0, 0.1) is 6.92 Å². The third-order valence-corrected chi connectivity index (χ3v) is 4.13. The number of aliphatic hydroxyl groups is 1. The van der Waals surface area contributed by atoms with Crippen molar-refractivity contribution in [2.45, 2.75) is 19.6 Å². The maximum Gasteiger partial charge on any atom is 0.292 e. The first kappa shape index (κ1) is 17.6. The SMILES string of the molecule is Cc1[nH]c2ccccc2c1C(=O)C(=O)NCC(O)Cn1ccccc1=O. The zero-order chi connectivity index (χ0) is 18.7. The Balaban J connectivity index is 1.66. The van der Waals surface area contributed by atoms with Gasteiger partial charge in [0.2, 0.25) is 0 Å². The molecule has 0 radical (unpaired) electrons. The standard InChI is InChI=1S/C19H19N3O4/c1-12-17(14-6-2-3-7-15(14)21-12)18(25)19(26)20-10-13(23)11-22-9-5-4-8-16(22)24/h2-9,13,21,23H,10-11H2,1H3,(H,20,26). The quantitative estimate of drug-likeness (QED) is 0.454. The molecule has 0 saturated heterocycles. The summed E-state index contributed by atoms with van der Waals surface area (Å²) < 4.78 is 1.34. The molecule has 2 aromatic heterocycles. The van der Waals surface area contributed by atoms with E-state index in [0.717, 1.165) is 5.52 Å². The van der Waals surface area contributed by atoms with E-state index < -0.39 is 17.8 Å². The van der Waals surface area contributed by atoms with Crippen molar-refractivity contribution in [3.8, 4) is 0 Å². The van der Waals surface area contributed by atoms with Crippen molar-refractivity contribution in [2.75, 3.05) is 6.54 Å². The molecule has 0 spiro atoms. The van der Waals surface area contributed by atoms with Gasteiger partial charge in [0.05, 0.1) is 18.2 Å². The number of Topliss-reactive ketones (excluding diaryl/α,β-unsaturated/α-hetero) is 1. The number of aromatic nitrogens is 2. The Bertz CT molecular complexity index is 1020. The second kappa shape index (κ2) is 7.37. The molecule has 7 nitrogen and oxygen atoms in total. The number of aromatic amines is 1. The van der Waals surface area contributed by atoms with Crippen molar-refractivity contribution in [3.05, 3.63) is 70.3 Å². The second-order valence-corrected chi connectivity index (χ2v) is 6.05. The minimum Gasteiger partial charge on any atom is -0.389 e. The van der Waals surface area contributed by atoms with Crippen molar-refractivity contribution in [2.24, 2.45) is 0 Å². The second-order valence-electron chi connectivity index (χ2n) is 6.05. The molecule has 0 fully saturated rings. The van der Waals surface area contributed by atoms with Gasteiger partial charge in [0.15, 0.2) is 0 Å². The Morgan fingerprint density at radius 3 is 2.69 bits per heavy atom. The summed E-state index contributed by atoms with van der Waals surface area (Å²) in [5.41, 5.74) is 1.47. The molecular weight excluding hydrogens is 334 g/mol. The number of carbonyl (C=O) groups excluding carboxylic acids is 2. The number of nitrogens with one attached hydrogen (secondary N) is 2.